The first kappa shape index (κ1) is 16.3. The van der Waals surface area contributed by atoms with Crippen LogP contribution >= 0.6 is 11.6 Å². The summed E-state index contributed by atoms with van der Waals surface area (Å²) < 4.78 is 0. The first-order chi connectivity index (χ1) is 8.95. The fourth-order valence-corrected chi connectivity index (χ4v) is 2.13. The van der Waals surface area contributed by atoms with Gasteiger partial charge in [-0.25, -0.2) is 4.98 Å². The molecular formula is C15H26ClN3. The highest BCUT2D eigenvalue weighted by Crippen LogP contribution is 2.21. The molecule has 0 amide bonds. The van der Waals surface area contributed by atoms with E-state index >= 15 is 0 Å². The van der Waals surface area contributed by atoms with Crippen LogP contribution in [0.3, 0.4) is 0 Å². The Morgan fingerprint density at radius 2 is 1.95 bits per heavy atom. The molecule has 1 N–H and O–H groups in total. The lowest BCUT2D eigenvalue weighted by molar-refractivity contribution is 0.564. The van der Waals surface area contributed by atoms with Crippen LogP contribution in [0.1, 0.15) is 40.3 Å². The number of nitrogens with one attached hydrogen (secondary N) is 1. The van der Waals surface area contributed by atoms with Crippen molar-refractivity contribution in [1.82, 2.24) is 10.3 Å². The maximum absolute atomic E-state index is 6.20. The Hall–Kier alpha value is -0.800. The lowest BCUT2D eigenvalue weighted by atomic mass is 10.1. The van der Waals surface area contributed by atoms with E-state index < -0.39 is 0 Å². The molecule has 1 heterocycles. The Balaban J connectivity index is 2.96. The van der Waals surface area contributed by atoms with Crippen LogP contribution in [-0.4, -0.2) is 24.1 Å². The highest BCUT2D eigenvalue weighted by atomic mass is 35.5. The van der Waals surface area contributed by atoms with Crippen LogP contribution in [0.5, 0.6) is 0 Å². The summed E-state index contributed by atoms with van der Waals surface area (Å²) in [7, 11) is 0. The quantitative estimate of drug-likeness (QED) is 0.827. The van der Waals surface area contributed by atoms with Gasteiger partial charge in [0.05, 0.1) is 10.7 Å². The number of pyridine rings is 1. The Morgan fingerprint density at radius 3 is 2.47 bits per heavy atom. The van der Waals surface area contributed by atoms with Gasteiger partial charge in [0.25, 0.3) is 0 Å². The average molecular weight is 284 g/mol. The van der Waals surface area contributed by atoms with E-state index in [4.69, 9.17) is 16.6 Å². The molecule has 4 heteroatoms. The Morgan fingerprint density at radius 1 is 1.26 bits per heavy atom. The minimum Gasteiger partial charge on any atom is -0.354 e. The molecule has 0 unspecified atom stereocenters. The molecular weight excluding hydrogens is 258 g/mol. The predicted octanol–water partition coefficient (Wildman–Crippen LogP) is 3.72. The fraction of sp³-hybridized carbons (Fsp3) is 0.667. The van der Waals surface area contributed by atoms with Crippen molar-refractivity contribution < 1.29 is 0 Å². The van der Waals surface area contributed by atoms with Crippen LogP contribution in [0.2, 0.25) is 5.02 Å². The van der Waals surface area contributed by atoms with Gasteiger partial charge in [-0.15, -0.1) is 0 Å². The zero-order valence-corrected chi connectivity index (χ0v) is 13.5. The Kier molecular flexibility index (Phi) is 6.59. The molecule has 0 radical (unpaired) electrons. The minimum atomic E-state index is 0.433. The topological polar surface area (TPSA) is 28.2 Å². The van der Waals surface area contributed by atoms with Gasteiger partial charge in [0.1, 0.15) is 5.82 Å². The zero-order chi connectivity index (χ0) is 14.4. The van der Waals surface area contributed by atoms with Crippen molar-refractivity contribution in [2.45, 2.75) is 47.2 Å². The molecule has 0 aromatic carbocycles. The van der Waals surface area contributed by atoms with Gasteiger partial charge in [-0.3, -0.25) is 0 Å². The summed E-state index contributed by atoms with van der Waals surface area (Å²) >= 11 is 6.20. The number of aromatic nitrogens is 1. The number of hydrogen-bond donors (Lipinski definition) is 1. The maximum atomic E-state index is 6.20. The normalized spacial score (nSPS) is 11.4. The molecule has 108 valence electrons. The summed E-state index contributed by atoms with van der Waals surface area (Å²) in [5, 5.41) is 4.01. The van der Waals surface area contributed by atoms with Crippen molar-refractivity contribution in [3.63, 3.8) is 0 Å². The van der Waals surface area contributed by atoms with Crippen molar-refractivity contribution in [3.8, 4) is 0 Å². The third kappa shape index (κ3) is 5.00. The SMILES string of the molecule is CCNCc1nc(N(CC(C)C)C(C)C)ccc1Cl. The number of rotatable bonds is 7. The summed E-state index contributed by atoms with van der Waals surface area (Å²) in [4.78, 5) is 7.05. The van der Waals surface area contributed by atoms with E-state index in [9.17, 15) is 0 Å². The van der Waals surface area contributed by atoms with Crippen LogP contribution in [0, 0.1) is 5.92 Å². The first-order valence-corrected chi connectivity index (χ1v) is 7.46. The van der Waals surface area contributed by atoms with Gasteiger partial charge >= 0.3 is 0 Å². The van der Waals surface area contributed by atoms with Crippen LogP contribution in [0.4, 0.5) is 5.82 Å². The molecule has 3 nitrogen and oxygen atoms in total. The molecule has 19 heavy (non-hydrogen) atoms. The second-order valence-electron chi connectivity index (χ2n) is 5.52. The van der Waals surface area contributed by atoms with Crippen LogP contribution < -0.4 is 10.2 Å². The highest BCUT2D eigenvalue weighted by molar-refractivity contribution is 6.31. The molecule has 1 aromatic heterocycles. The predicted molar refractivity (Wildman–Crippen MR) is 83.9 cm³/mol. The van der Waals surface area contributed by atoms with Gasteiger partial charge in [0.2, 0.25) is 0 Å². The molecule has 0 spiro atoms. The van der Waals surface area contributed by atoms with Gasteiger partial charge in [0, 0.05) is 19.1 Å². The molecule has 0 bridgehead atoms. The molecule has 1 rings (SSSR count). The summed E-state index contributed by atoms with van der Waals surface area (Å²) in [5.41, 5.74) is 0.926. The fourth-order valence-electron chi connectivity index (χ4n) is 1.96. The molecule has 0 aliphatic rings. The Bertz CT molecular complexity index is 391. The molecule has 0 aliphatic carbocycles. The Labute approximate surface area is 122 Å². The van der Waals surface area contributed by atoms with E-state index in [0.29, 0.717) is 12.0 Å². The molecule has 0 saturated heterocycles. The van der Waals surface area contributed by atoms with Crippen molar-refractivity contribution >= 4 is 17.4 Å². The third-order valence-corrected chi connectivity index (χ3v) is 3.27. The lowest BCUT2D eigenvalue weighted by Crippen LogP contribution is -2.35. The summed E-state index contributed by atoms with van der Waals surface area (Å²) in [6.07, 6.45) is 0. The van der Waals surface area contributed by atoms with Crippen molar-refractivity contribution in [3.05, 3.63) is 22.8 Å². The summed E-state index contributed by atoms with van der Waals surface area (Å²) in [6.45, 7) is 13.6. The number of anilines is 1. The van der Waals surface area contributed by atoms with E-state index in [2.05, 4.69) is 44.8 Å². The van der Waals surface area contributed by atoms with Gasteiger partial charge in [0.15, 0.2) is 0 Å². The number of halogens is 1. The molecule has 0 aliphatic heterocycles. The third-order valence-electron chi connectivity index (χ3n) is 2.93. The lowest BCUT2D eigenvalue weighted by Gasteiger charge is -2.30. The first-order valence-electron chi connectivity index (χ1n) is 7.08. The van der Waals surface area contributed by atoms with E-state index in [1.165, 1.54) is 0 Å². The van der Waals surface area contributed by atoms with Gasteiger partial charge in [-0.05, 0) is 38.4 Å². The van der Waals surface area contributed by atoms with Gasteiger partial charge < -0.3 is 10.2 Å². The number of hydrogen-bond acceptors (Lipinski definition) is 3. The molecule has 0 fully saturated rings. The smallest absolute Gasteiger partial charge is 0.129 e. The monoisotopic (exact) mass is 283 g/mol. The second kappa shape index (κ2) is 7.71. The zero-order valence-electron chi connectivity index (χ0n) is 12.7. The van der Waals surface area contributed by atoms with Crippen LogP contribution in [0.25, 0.3) is 0 Å². The minimum absolute atomic E-state index is 0.433. The van der Waals surface area contributed by atoms with Gasteiger partial charge in [-0.2, -0.15) is 0 Å². The molecule has 0 atom stereocenters. The van der Waals surface area contributed by atoms with E-state index in [1.807, 2.05) is 12.1 Å². The summed E-state index contributed by atoms with van der Waals surface area (Å²) in [6, 6.07) is 4.40. The molecule has 1 aromatic rings. The van der Waals surface area contributed by atoms with E-state index in [0.717, 1.165) is 36.2 Å². The highest BCUT2D eigenvalue weighted by Gasteiger charge is 2.15. The number of nitrogens with zero attached hydrogens (tertiary/aromatic N) is 2. The van der Waals surface area contributed by atoms with Crippen LogP contribution in [0.15, 0.2) is 12.1 Å². The van der Waals surface area contributed by atoms with Gasteiger partial charge in [-0.1, -0.05) is 32.4 Å². The van der Waals surface area contributed by atoms with E-state index in [-0.39, 0.29) is 0 Å². The van der Waals surface area contributed by atoms with Crippen molar-refractivity contribution in [2.24, 2.45) is 5.92 Å². The summed E-state index contributed by atoms with van der Waals surface area (Å²) in [5.74, 6) is 1.62. The second-order valence-corrected chi connectivity index (χ2v) is 5.93. The van der Waals surface area contributed by atoms with Crippen molar-refractivity contribution in [2.75, 3.05) is 18.0 Å². The largest absolute Gasteiger partial charge is 0.354 e. The standard InChI is InChI=1S/C15H26ClN3/c1-6-17-9-14-13(16)7-8-15(18-14)19(12(4)5)10-11(2)3/h7-8,11-12,17H,6,9-10H2,1-5H3. The average Bonchev–Trinajstić information content (AvgIpc) is 2.34. The van der Waals surface area contributed by atoms with Crippen molar-refractivity contribution in [1.29, 1.82) is 0 Å². The van der Waals surface area contributed by atoms with E-state index in [1.54, 1.807) is 0 Å². The van der Waals surface area contributed by atoms with Crippen LogP contribution in [-0.2, 0) is 6.54 Å². The maximum Gasteiger partial charge on any atom is 0.129 e. The molecule has 0 saturated carbocycles.